The second-order valence-corrected chi connectivity index (χ2v) is 8.22. The van der Waals surface area contributed by atoms with Crippen molar-refractivity contribution in [2.75, 3.05) is 35.2 Å². The van der Waals surface area contributed by atoms with Crippen LogP contribution in [-0.4, -0.2) is 47.3 Å². The lowest BCUT2D eigenvalue weighted by atomic mass is 9.78. The van der Waals surface area contributed by atoms with Gasteiger partial charge in [-0.25, -0.2) is 8.78 Å². The molecule has 4 rings (SSSR count). The zero-order valence-electron chi connectivity index (χ0n) is 17.5. The Kier molecular flexibility index (Phi) is 6.02. The summed E-state index contributed by atoms with van der Waals surface area (Å²) >= 11 is 0. The van der Waals surface area contributed by atoms with Crippen LogP contribution in [0.4, 0.5) is 39.4 Å². The van der Waals surface area contributed by atoms with Crippen molar-refractivity contribution in [3.8, 4) is 5.88 Å². The van der Waals surface area contributed by atoms with Crippen LogP contribution in [0.25, 0.3) is 0 Å². The number of carbonyl (C=O) groups is 1. The van der Waals surface area contributed by atoms with Crippen LogP contribution < -0.4 is 20.3 Å². The van der Waals surface area contributed by atoms with Crippen LogP contribution in [-0.2, 0) is 4.79 Å². The number of halogens is 5. The van der Waals surface area contributed by atoms with Crippen molar-refractivity contribution in [2.45, 2.75) is 43.8 Å². The molecule has 0 bridgehead atoms. The Balaban J connectivity index is 1.53. The molecule has 2 aliphatic rings. The van der Waals surface area contributed by atoms with Crippen LogP contribution in [0.3, 0.4) is 0 Å². The fourth-order valence-corrected chi connectivity index (χ4v) is 4.55. The second-order valence-electron chi connectivity index (χ2n) is 8.22. The van der Waals surface area contributed by atoms with Crippen LogP contribution in [0.1, 0.15) is 32.1 Å². The van der Waals surface area contributed by atoms with E-state index in [9.17, 15) is 26.7 Å². The predicted molar refractivity (Wildman–Crippen MR) is 110 cm³/mol. The highest BCUT2D eigenvalue weighted by Gasteiger charge is 2.45. The Morgan fingerprint density at radius 1 is 1.06 bits per heavy atom. The lowest BCUT2D eigenvalue weighted by Gasteiger charge is -2.51. The summed E-state index contributed by atoms with van der Waals surface area (Å²) in [5, 5.41) is 0. The Morgan fingerprint density at radius 3 is 2.45 bits per heavy atom. The van der Waals surface area contributed by atoms with Crippen LogP contribution in [0.15, 0.2) is 24.3 Å². The van der Waals surface area contributed by atoms with Gasteiger partial charge in [-0.1, -0.05) is 0 Å². The summed E-state index contributed by atoms with van der Waals surface area (Å²) in [5.74, 6) is -2.36. The number of amides is 1. The van der Waals surface area contributed by atoms with E-state index >= 15 is 0 Å². The standard InChI is InChI=1S/C21H22F5N5O2/c22-14-4-3-13(10-15(14)23)31-18(32)2-1-5-20(31)6-8-30(9-7-20)16-11-17(29-19(27)28-16)33-12-21(24,25)26/h3-4,10-11H,1-2,5-9,12H2,(H2,27,28,29). The lowest BCUT2D eigenvalue weighted by Crippen LogP contribution is -2.60. The normalized spacial score (nSPS) is 18.6. The smallest absolute Gasteiger partial charge is 0.422 e. The summed E-state index contributed by atoms with van der Waals surface area (Å²) in [6.07, 6.45) is -1.84. The molecule has 3 heterocycles. The fourth-order valence-electron chi connectivity index (χ4n) is 4.55. The Hall–Kier alpha value is -3.18. The largest absolute Gasteiger partial charge is 0.468 e. The van der Waals surface area contributed by atoms with Gasteiger partial charge in [0, 0.05) is 37.3 Å². The molecule has 33 heavy (non-hydrogen) atoms. The molecule has 178 valence electrons. The molecule has 1 aromatic heterocycles. The molecule has 2 aliphatic heterocycles. The summed E-state index contributed by atoms with van der Waals surface area (Å²) in [6.45, 7) is -0.664. The van der Waals surface area contributed by atoms with Gasteiger partial charge in [-0.2, -0.15) is 23.1 Å². The van der Waals surface area contributed by atoms with E-state index in [0.717, 1.165) is 12.1 Å². The van der Waals surface area contributed by atoms with E-state index in [-0.39, 0.29) is 17.7 Å². The second kappa shape index (κ2) is 8.64. The average molecular weight is 471 g/mol. The highest BCUT2D eigenvalue weighted by Crippen LogP contribution is 2.42. The maximum atomic E-state index is 13.9. The average Bonchev–Trinajstić information content (AvgIpc) is 2.74. The van der Waals surface area contributed by atoms with Gasteiger partial charge < -0.3 is 20.3 Å². The molecule has 7 nitrogen and oxygen atoms in total. The number of anilines is 3. The first-order chi connectivity index (χ1) is 15.6. The Morgan fingerprint density at radius 2 is 1.79 bits per heavy atom. The first kappa shape index (κ1) is 23.0. The molecule has 2 fully saturated rings. The number of nitrogens with two attached hydrogens (primary N) is 1. The first-order valence-corrected chi connectivity index (χ1v) is 10.4. The maximum Gasteiger partial charge on any atom is 0.422 e. The molecule has 2 N–H and O–H groups in total. The number of rotatable bonds is 4. The first-order valence-electron chi connectivity index (χ1n) is 10.4. The highest BCUT2D eigenvalue weighted by molar-refractivity contribution is 5.95. The zero-order valence-corrected chi connectivity index (χ0v) is 17.5. The van der Waals surface area contributed by atoms with Crippen LogP contribution >= 0.6 is 0 Å². The van der Waals surface area contributed by atoms with E-state index in [1.165, 1.54) is 12.1 Å². The third-order valence-electron chi connectivity index (χ3n) is 6.03. The third-order valence-corrected chi connectivity index (χ3v) is 6.03. The van der Waals surface area contributed by atoms with E-state index < -0.39 is 30.0 Å². The topological polar surface area (TPSA) is 84.6 Å². The molecular formula is C21H22F5N5O2. The molecule has 2 aromatic rings. The molecular weight excluding hydrogens is 449 g/mol. The molecule has 0 atom stereocenters. The quantitative estimate of drug-likeness (QED) is 0.683. The van der Waals surface area contributed by atoms with Crippen molar-refractivity contribution in [1.82, 2.24) is 9.97 Å². The van der Waals surface area contributed by atoms with E-state index in [1.807, 2.05) is 4.90 Å². The SMILES string of the molecule is Nc1nc(OCC(F)(F)F)cc(N2CCC3(CCCC(=O)N3c3ccc(F)c(F)c3)CC2)n1. The summed E-state index contributed by atoms with van der Waals surface area (Å²) in [7, 11) is 0. The van der Waals surface area contributed by atoms with E-state index in [1.54, 1.807) is 4.90 Å². The Bertz CT molecular complexity index is 1040. The summed E-state index contributed by atoms with van der Waals surface area (Å²) in [6, 6.07) is 4.72. The van der Waals surface area contributed by atoms with Gasteiger partial charge in [-0.15, -0.1) is 0 Å². The van der Waals surface area contributed by atoms with Gasteiger partial charge >= 0.3 is 6.18 Å². The molecule has 0 aliphatic carbocycles. The number of hydrogen-bond acceptors (Lipinski definition) is 6. The van der Waals surface area contributed by atoms with E-state index in [2.05, 4.69) is 9.97 Å². The number of carbonyl (C=O) groups excluding carboxylic acids is 1. The minimum atomic E-state index is -4.52. The minimum absolute atomic E-state index is 0.158. The van der Waals surface area contributed by atoms with Gasteiger partial charge in [0.05, 0.1) is 5.54 Å². The van der Waals surface area contributed by atoms with Crippen molar-refractivity contribution in [2.24, 2.45) is 0 Å². The number of piperidine rings is 2. The van der Waals surface area contributed by atoms with E-state index in [4.69, 9.17) is 10.5 Å². The van der Waals surface area contributed by atoms with Gasteiger partial charge in [-0.05, 0) is 37.8 Å². The van der Waals surface area contributed by atoms with Gasteiger partial charge in [0.15, 0.2) is 18.2 Å². The summed E-state index contributed by atoms with van der Waals surface area (Å²) in [5.41, 5.74) is 5.38. The zero-order chi connectivity index (χ0) is 23.8. The van der Waals surface area contributed by atoms with Gasteiger partial charge in [0.25, 0.3) is 0 Å². The number of hydrogen-bond donors (Lipinski definition) is 1. The van der Waals surface area contributed by atoms with E-state index in [0.29, 0.717) is 56.7 Å². The minimum Gasteiger partial charge on any atom is -0.468 e. The summed E-state index contributed by atoms with van der Waals surface area (Å²) < 4.78 is 69.4. The number of alkyl halides is 3. The number of nitrogen functional groups attached to an aromatic ring is 1. The molecule has 0 radical (unpaired) electrons. The molecule has 1 aromatic carbocycles. The van der Waals surface area contributed by atoms with Crippen molar-refractivity contribution >= 4 is 23.4 Å². The molecule has 2 saturated heterocycles. The van der Waals surface area contributed by atoms with Crippen molar-refractivity contribution in [3.63, 3.8) is 0 Å². The molecule has 12 heteroatoms. The number of benzene rings is 1. The van der Waals surface area contributed by atoms with Crippen molar-refractivity contribution in [1.29, 1.82) is 0 Å². The van der Waals surface area contributed by atoms with Crippen molar-refractivity contribution < 1.29 is 31.5 Å². The Labute approximate surface area is 186 Å². The molecule has 0 saturated carbocycles. The molecule has 1 amide bonds. The number of nitrogens with zero attached hydrogens (tertiary/aromatic N) is 4. The third kappa shape index (κ3) is 4.93. The molecule has 0 unspecified atom stereocenters. The molecule has 1 spiro atoms. The van der Waals surface area contributed by atoms with Crippen molar-refractivity contribution in [3.05, 3.63) is 35.9 Å². The van der Waals surface area contributed by atoms with Gasteiger partial charge in [0.2, 0.25) is 17.7 Å². The predicted octanol–water partition coefficient (Wildman–Crippen LogP) is 3.83. The van der Waals surface area contributed by atoms with Crippen LogP contribution in [0, 0.1) is 11.6 Å². The van der Waals surface area contributed by atoms with Crippen LogP contribution in [0.2, 0.25) is 0 Å². The lowest BCUT2D eigenvalue weighted by molar-refractivity contribution is -0.154. The highest BCUT2D eigenvalue weighted by atomic mass is 19.4. The number of ether oxygens (including phenoxy) is 1. The number of aromatic nitrogens is 2. The fraction of sp³-hybridized carbons (Fsp3) is 0.476. The monoisotopic (exact) mass is 471 g/mol. The van der Waals surface area contributed by atoms with Gasteiger partial charge in [0.1, 0.15) is 5.82 Å². The maximum absolute atomic E-state index is 13.9. The van der Waals surface area contributed by atoms with Gasteiger partial charge in [-0.3, -0.25) is 4.79 Å². The van der Waals surface area contributed by atoms with Crippen LogP contribution in [0.5, 0.6) is 5.88 Å². The summed E-state index contributed by atoms with van der Waals surface area (Å²) in [4.78, 5) is 24.0.